The minimum atomic E-state index is -3.11. The van der Waals surface area contributed by atoms with Gasteiger partial charge in [0, 0.05) is 32.4 Å². The standard InChI is InChI=1S/C13H26N2O3S/c1-5-15(6-2)13(16)14(3)11-9-7-8-10-12(11)19(4,17)18/h11-12H,5-10H2,1-4H3/t11-,12-/m1/s1. The Kier molecular flexibility index (Phi) is 5.64. The predicted octanol–water partition coefficient (Wildman–Crippen LogP) is 1.74. The van der Waals surface area contributed by atoms with E-state index in [1.807, 2.05) is 13.8 Å². The Hall–Kier alpha value is -0.780. The van der Waals surface area contributed by atoms with Gasteiger partial charge in [-0.05, 0) is 26.7 Å². The number of carbonyl (C=O) groups is 1. The minimum absolute atomic E-state index is 0.0643. The molecular weight excluding hydrogens is 264 g/mol. The van der Waals surface area contributed by atoms with Gasteiger partial charge in [-0.1, -0.05) is 12.8 Å². The highest BCUT2D eigenvalue weighted by Gasteiger charge is 2.37. The second-order valence-corrected chi connectivity index (χ2v) is 7.55. The molecule has 112 valence electrons. The van der Waals surface area contributed by atoms with E-state index in [9.17, 15) is 13.2 Å². The molecule has 0 aromatic rings. The van der Waals surface area contributed by atoms with Gasteiger partial charge in [0.1, 0.15) is 0 Å². The van der Waals surface area contributed by atoms with Gasteiger partial charge in [-0.15, -0.1) is 0 Å². The Balaban J connectivity index is 2.89. The third-order valence-corrected chi connectivity index (χ3v) is 5.70. The number of hydrogen-bond acceptors (Lipinski definition) is 3. The molecule has 6 heteroatoms. The molecule has 2 atom stereocenters. The summed E-state index contributed by atoms with van der Waals surface area (Å²) >= 11 is 0. The lowest BCUT2D eigenvalue weighted by Gasteiger charge is -2.39. The summed E-state index contributed by atoms with van der Waals surface area (Å²) in [5, 5.41) is -0.411. The Bertz CT molecular complexity index is 404. The van der Waals surface area contributed by atoms with Crippen LogP contribution in [0.4, 0.5) is 4.79 Å². The highest BCUT2D eigenvalue weighted by Crippen LogP contribution is 2.27. The number of urea groups is 1. The lowest BCUT2D eigenvalue weighted by molar-refractivity contribution is 0.139. The lowest BCUT2D eigenvalue weighted by atomic mass is 9.94. The molecule has 0 saturated heterocycles. The largest absolute Gasteiger partial charge is 0.325 e. The van der Waals surface area contributed by atoms with Crippen molar-refractivity contribution in [1.29, 1.82) is 0 Å². The van der Waals surface area contributed by atoms with Gasteiger partial charge in [-0.2, -0.15) is 0 Å². The van der Waals surface area contributed by atoms with E-state index in [-0.39, 0.29) is 12.1 Å². The van der Waals surface area contributed by atoms with E-state index in [0.717, 1.165) is 19.3 Å². The van der Waals surface area contributed by atoms with E-state index in [4.69, 9.17) is 0 Å². The smallest absolute Gasteiger partial charge is 0.320 e. The molecule has 2 amide bonds. The zero-order valence-corrected chi connectivity index (χ0v) is 13.2. The molecule has 0 radical (unpaired) electrons. The predicted molar refractivity (Wildman–Crippen MR) is 77.0 cm³/mol. The first-order valence-electron chi connectivity index (χ1n) is 7.03. The number of nitrogens with zero attached hydrogens (tertiary/aromatic N) is 2. The van der Waals surface area contributed by atoms with Crippen molar-refractivity contribution >= 4 is 15.9 Å². The number of hydrogen-bond donors (Lipinski definition) is 0. The monoisotopic (exact) mass is 290 g/mol. The van der Waals surface area contributed by atoms with Crippen molar-refractivity contribution in [2.45, 2.75) is 50.8 Å². The molecule has 1 aliphatic rings. The van der Waals surface area contributed by atoms with Crippen LogP contribution in [0.5, 0.6) is 0 Å². The molecule has 5 nitrogen and oxygen atoms in total. The fourth-order valence-electron chi connectivity index (χ4n) is 2.88. The number of rotatable bonds is 4. The van der Waals surface area contributed by atoms with Gasteiger partial charge >= 0.3 is 6.03 Å². The Morgan fingerprint density at radius 1 is 1.16 bits per heavy atom. The first-order chi connectivity index (χ1) is 8.82. The summed E-state index contributed by atoms with van der Waals surface area (Å²) in [4.78, 5) is 15.7. The molecule has 1 rings (SSSR count). The summed E-state index contributed by atoms with van der Waals surface area (Å²) in [6.45, 7) is 5.17. The topological polar surface area (TPSA) is 57.7 Å². The summed E-state index contributed by atoms with van der Waals surface area (Å²) in [7, 11) is -1.37. The van der Waals surface area contributed by atoms with Crippen molar-refractivity contribution in [3.05, 3.63) is 0 Å². The maximum absolute atomic E-state index is 12.3. The third kappa shape index (κ3) is 3.84. The van der Waals surface area contributed by atoms with Crippen molar-refractivity contribution in [2.75, 3.05) is 26.4 Å². The zero-order valence-electron chi connectivity index (χ0n) is 12.4. The SMILES string of the molecule is CCN(CC)C(=O)N(C)[C@@H]1CCCC[C@H]1S(C)(=O)=O. The molecule has 0 aromatic carbocycles. The molecule has 19 heavy (non-hydrogen) atoms. The molecule has 0 bridgehead atoms. The summed E-state index contributed by atoms with van der Waals surface area (Å²) in [5.74, 6) is 0. The van der Waals surface area contributed by atoms with Crippen molar-refractivity contribution in [1.82, 2.24) is 9.80 Å². The second kappa shape index (κ2) is 6.59. The molecule has 1 fully saturated rings. The van der Waals surface area contributed by atoms with Gasteiger partial charge in [0.05, 0.1) is 5.25 Å². The van der Waals surface area contributed by atoms with E-state index in [0.29, 0.717) is 19.5 Å². The van der Waals surface area contributed by atoms with Crippen LogP contribution in [0.1, 0.15) is 39.5 Å². The quantitative estimate of drug-likeness (QED) is 0.792. The van der Waals surface area contributed by atoms with Crippen LogP contribution in [0.2, 0.25) is 0 Å². The maximum atomic E-state index is 12.3. The van der Waals surface area contributed by atoms with Gasteiger partial charge in [0.25, 0.3) is 0 Å². The van der Waals surface area contributed by atoms with Gasteiger partial charge in [0.2, 0.25) is 0 Å². The highest BCUT2D eigenvalue weighted by molar-refractivity contribution is 7.91. The van der Waals surface area contributed by atoms with Gasteiger partial charge in [-0.25, -0.2) is 13.2 Å². The molecule has 1 aliphatic carbocycles. The summed E-state index contributed by atoms with van der Waals surface area (Å²) < 4.78 is 23.8. The molecule has 0 heterocycles. The number of amides is 2. The van der Waals surface area contributed by atoms with Crippen LogP contribution in [0, 0.1) is 0 Å². The van der Waals surface area contributed by atoms with Crippen molar-refractivity contribution in [2.24, 2.45) is 0 Å². The van der Waals surface area contributed by atoms with Crippen molar-refractivity contribution < 1.29 is 13.2 Å². The van der Waals surface area contributed by atoms with Crippen LogP contribution >= 0.6 is 0 Å². The van der Waals surface area contributed by atoms with Crippen molar-refractivity contribution in [3.63, 3.8) is 0 Å². The van der Waals surface area contributed by atoms with Crippen LogP contribution in [0.25, 0.3) is 0 Å². The van der Waals surface area contributed by atoms with Crippen LogP contribution < -0.4 is 0 Å². The van der Waals surface area contributed by atoms with Gasteiger partial charge in [-0.3, -0.25) is 0 Å². The maximum Gasteiger partial charge on any atom is 0.320 e. The number of carbonyl (C=O) groups excluding carboxylic acids is 1. The Morgan fingerprint density at radius 2 is 1.68 bits per heavy atom. The summed E-state index contributed by atoms with van der Waals surface area (Å²) in [5.41, 5.74) is 0. The molecule has 0 aromatic heterocycles. The first kappa shape index (κ1) is 16.3. The van der Waals surface area contributed by atoms with Crippen LogP contribution in [-0.2, 0) is 9.84 Å². The fraction of sp³-hybridized carbons (Fsp3) is 0.923. The summed E-state index contributed by atoms with van der Waals surface area (Å²) in [6, 6.07) is -0.248. The number of sulfone groups is 1. The van der Waals surface area contributed by atoms with Crippen LogP contribution in [-0.4, -0.2) is 61.9 Å². The third-order valence-electron chi connectivity index (χ3n) is 4.05. The molecule has 0 N–H and O–H groups in total. The van der Waals surface area contributed by atoms with Gasteiger partial charge in [0.15, 0.2) is 9.84 Å². The average Bonchev–Trinajstić information content (AvgIpc) is 2.38. The molecular formula is C13H26N2O3S. The van der Waals surface area contributed by atoms with Crippen LogP contribution in [0.15, 0.2) is 0 Å². The van der Waals surface area contributed by atoms with E-state index < -0.39 is 15.1 Å². The first-order valence-corrected chi connectivity index (χ1v) is 8.99. The van der Waals surface area contributed by atoms with Crippen LogP contribution in [0.3, 0.4) is 0 Å². The Labute approximate surface area is 116 Å². The van der Waals surface area contributed by atoms with Crippen molar-refractivity contribution in [3.8, 4) is 0 Å². The lowest BCUT2D eigenvalue weighted by Crippen LogP contribution is -2.53. The van der Waals surface area contributed by atoms with E-state index in [1.165, 1.54) is 6.26 Å². The average molecular weight is 290 g/mol. The minimum Gasteiger partial charge on any atom is -0.325 e. The zero-order chi connectivity index (χ0) is 14.6. The molecule has 0 aliphatic heterocycles. The highest BCUT2D eigenvalue weighted by atomic mass is 32.2. The Morgan fingerprint density at radius 3 is 2.16 bits per heavy atom. The van der Waals surface area contributed by atoms with E-state index in [2.05, 4.69) is 0 Å². The van der Waals surface area contributed by atoms with E-state index >= 15 is 0 Å². The molecule has 0 spiro atoms. The fourth-order valence-corrected chi connectivity index (χ4v) is 4.36. The van der Waals surface area contributed by atoms with E-state index in [1.54, 1.807) is 16.8 Å². The molecule has 1 saturated carbocycles. The molecule has 0 unspecified atom stereocenters. The summed E-state index contributed by atoms with van der Waals surface area (Å²) in [6.07, 6.45) is 4.65. The van der Waals surface area contributed by atoms with Gasteiger partial charge < -0.3 is 9.80 Å². The second-order valence-electron chi connectivity index (χ2n) is 5.29. The normalized spacial score (nSPS) is 24.0.